The summed E-state index contributed by atoms with van der Waals surface area (Å²) in [5, 5.41) is 3.21. The number of hydrogen-bond acceptors (Lipinski definition) is 4. The number of nitrogens with zero attached hydrogens (tertiary/aromatic N) is 1. The van der Waals surface area contributed by atoms with Gasteiger partial charge in [0.05, 0.1) is 12.5 Å². The molecular formula is C10H16N2O2S. The number of thioether (sulfide) groups is 1. The number of nitrogens with one attached hydrogen (secondary N) is 1. The van der Waals surface area contributed by atoms with Crippen molar-refractivity contribution < 1.29 is 9.59 Å². The molecule has 5 heteroatoms. The third-order valence-electron chi connectivity index (χ3n) is 3.06. The molecule has 15 heavy (non-hydrogen) atoms. The molecule has 1 N–H and O–H groups in total. The summed E-state index contributed by atoms with van der Waals surface area (Å²) in [5.41, 5.74) is 0. The highest BCUT2D eigenvalue weighted by atomic mass is 32.2. The Morgan fingerprint density at radius 2 is 2.33 bits per heavy atom. The fourth-order valence-corrected chi connectivity index (χ4v) is 3.25. The van der Waals surface area contributed by atoms with E-state index in [1.54, 1.807) is 7.05 Å². The predicted octanol–water partition coefficient (Wildman–Crippen LogP) is 0.0864. The van der Waals surface area contributed by atoms with Crippen LogP contribution in [0.1, 0.15) is 12.8 Å². The van der Waals surface area contributed by atoms with Gasteiger partial charge in [-0.15, -0.1) is 0 Å². The van der Waals surface area contributed by atoms with Gasteiger partial charge in [0.1, 0.15) is 0 Å². The van der Waals surface area contributed by atoms with Crippen LogP contribution in [-0.4, -0.2) is 47.9 Å². The Kier molecular flexibility index (Phi) is 3.31. The molecule has 0 aromatic carbocycles. The Balaban J connectivity index is 1.80. The minimum absolute atomic E-state index is 0.0710. The molecule has 2 saturated heterocycles. The van der Waals surface area contributed by atoms with E-state index in [2.05, 4.69) is 5.32 Å². The molecule has 0 aromatic rings. The average Bonchev–Trinajstić information content (AvgIpc) is 2.80. The van der Waals surface area contributed by atoms with E-state index in [1.807, 2.05) is 11.8 Å². The maximum Gasteiger partial charge on any atom is 0.246 e. The lowest BCUT2D eigenvalue weighted by molar-refractivity contribution is -0.137. The lowest BCUT2D eigenvalue weighted by Gasteiger charge is -2.14. The van der Waals surface area contributed by atoms with Gasteiger partial charge < -0.3 is 5.32 Å². The fraction of sp³-hybridized carbons (Fsp3) is 0.800. The second kappa shape index (κ2) is 4.53. The summed E-state index contributed by atoms with van der Waals surface area (Å²) in [5.74, 6) is 2.93. The van der Waals surface area contributed by atoms with Crippen molar-refractivity contribution in [3.05, 3.63) is 0 Å². The first-order chi connectivity index (χ1) is 7.18. The molecule has 4 nitrogen and oxygen atoms in total. The first-order valence-electron chi connectivity index (χ1n) is 5.30. The zero-order chi connectivity index (χ0) is 10.8. The molecule has 2 amide bonds. The zero-order valence-corrected chi connectivity index (χ0v) is 9.68. The van der Waals surface area contributed by atoms with Crippen molar-refractivity contribution in [2.75, 3.05) is 25.1 Å². The van der Waals surface area contributed by atoms with E-state index in [0.29, 0.717) is 12.3 Å². The minimum atomic E-state index is -0.270. The van der Waals surface area contributed by atoms with E-state index in [9.17, 15) is 9.59 Å². The Bertz CT molecular complexity index is 277. The molecule has 0 saturated carbocycles. The molecule has 2 aliphatic rings. The van der Waals surface area contributed by atoms with Gasteiger partial charge in [-0.05, 0) is 30.4 Å². The molecule has 0 aliphatic carbocycles. The Morgan fingerprint density at radius 3 is 2.87 bits per heavy atom. The van der Waals surface area contributed by atoms with Crippen LogP contribution in [0.5, 0.6) is 0 Å². The Hall–Kier alpha value is -0.550. The van der Waals surface area contributed by atoms with Gasteiger partial charge in [0.2, 0.25) is 11.8 Å². The highest BCUT2D eigenvalue weighted by molar-refractivity contribution is 7.99. The third kappa shape index (κ3) is 2.34. The zero-order valence-electron chi connectivity index (χ0n) is 8.86. The first kappa shape index (κ1) is 11.0. The quantitative estimate of drug-likeness (QED) is 0.695. The number of likely N-dealkylation sites (N-methyl/N-ethyl adjacent to an activating group) is 1. The topological polar surface area (TPSA) is 49.4 Å². The van der Waals surface area contributed by atoms with Crippen LogP contribution >= 0.6 is 11.8 Å². The average molecular weight is 228 g/mol. The molecule has 2 atom stereocenters. The third-order valence-corrected chi connectivity index (χ3v) is 4.29. The molecule has 2 heterocycles. The van der Waals surface area contributed by atoms with Gasteiger partial charge in [0.15, 0.2) is 0 Å². The Morgan fingerprint density at radius 1 is 1.53 bits per heavy atom. The van der Waals surface area contributed by atoms with Crippen molar-refractivity contribution in [2.24, 2.45) is 5.92 Å². The van der Waals surface area contributed by atoms with E-state index in [4.69, 9.17) is 0 Å². The van der Waals surface area contributed by atoms with Gasteiger partial charge in [0.25, 0.3) is 0 Å². The fourth-order valence-electron chi connectivity index (χ4n) is 1.97. The maximum absolute atomic E-state index is 11.6. The summed E-state index contributed by atoms with van der Waals surface area (Å²) < 4.78 is 0. The van der Waals surface area contributed by atoms with Crippen molar-refractivity contribution in [3.63, 3.8) is 0 Å². The molecule has 0 spiro atoms. The first-order valence-corrected chi connectivity index (χ1v) is 6.45. The minimum Gasteiger partial charge on any atom is -0.305 e. The standard InChI is InChI=1S/C10H16N2O2S/c1-12-9(13)4-8(10(12)14)11-5-7-2-3-15-6-7/h7-8,11H,2-6H2,1H3. The van der Waals surface area contributed by atoms with Crippen molar-refractivity contribution in [1.29, 1.82) is 0 Å². The van der Waals surface area contributed by atoms with Gasteiger partial charge in [-0.2, -0.15) is 11.8 Å². The van der Waals surface area contributed by atoms with Gasteiger partial charge in [0, 0.05) is 7.05 Å². The van der Waals surface area contributed by atoms with E-state index < -0.39 is 0 Å². The Labute approximate surface area is 93.8 Å². The normalized spacial score (nSPS) is 31.7. The number of amides is 2. The van der Waals surface area contributed by atoms with Gasteiger partial charge in [-0.1, -0.05) is 0 Å². The van der Waals surface area contributed by atoms with Crippen LogP contribution in [0.4, 0.5) is 0 Å². The SMILES string of the molecule is CN1C(=O)CC(NCC2CCSC2)C1=O. The summed E-state index contributed by atoms with van der Waals surface area (Å²) in [4.78, 5) is 24.0. The van der Waals surface area contributed by atoms with Crippen LogP contribution in [0.3, 0.4) is 0 Å². The van der Waals surface area contributed by atoms with Crippen molar-refractivity contribution in [3.8, 4) is 0 Å². The highest BCUT2D eigenvalue weighted by Gasteiger charge is 2.35. The molecule has 2 rings (SSSR count). The second-order valence-corrected chi connectivity index (χ2v) is 5.34. The smallest absolute Gasteiger partial charge is 0.246 e. The summed E-state index contributed by atoms with van der Waals surface area (Å²) in [7, 11) is 1.55. The van der Waals surface area contributed by atoms with E-state index >= 15 is 0 Å². The number of hydrogen-bond donors (Lipinski definition) is 1. The molecule has 2 unspecified atom stereocenters. The summed E-state index contributed by atoms with van der Waals surface area (Å²) in [6.45, 7) is 0.866. The lowest BCUT2D eigenvalue weighted by Crippen LogP contribution is -2.39. The predicted molar refractivity (Wildman–Crippen MR) is 59.6 cm³/mol. The monoisotopic (exact) mass is 228 g/mol. The second-order valence-electron chi connectivity index (χ2n) is 4.19. The number of likely N-dealkylation sites (tertiary alicyclic amines) is 1. The van der Waals surface area contributed by atoms with Crippen molar-refractivity contribution >= 4 is 23.6 Å². The summed E-state index contributed by atoms with van der Waals surface area (Å²) >= 11 is 1.96. The largest absolute Gasteiger partial charge is 0.305 e. The van der Waals surface area contributed by atoms with E-state index in [0.717, 1.165) is 6.54 Å². The van der Waals surface area contributed by atoms with Crippen LogP contribution in [0.2, 0.25) is 0 Å². The van der Waals surface area contributed by atoms with Crippen LogP contribution in [0.15, 0.2) is 0 Å². The van der Waals surface area contributed by atoms with Gasteiger partial charge in [-0.25, -0.2) is 0 Å². The number of carbonyl (C=O) groups excluding carboxylic acids is 2. The molecule has 0 bridgehead atoms. The van der Waals surface area contributed by atoms with Crippen LogP contribution in [0, 0.1) is 5.92 Å². The van der Waals surface area contributed by atoms with Crippen LogP contribution < -0.4 is 5.32 Å². The number of carbonyl (C=O) groups is 2. The molecule has 0 aromatic heterocycles. The number of rotatable bonds is 3. The summed E-state index contributed by atoms with van der Waals surface area (Å²) in [6, 6.07) is -0.270. The number of imide groups is 1. The van der Waals surface area contributed by atoms with Crippen LogP contribution in [0.25, 0.3) is 0 Å². The molecule has 0 radical (unpaired) electrons. The van der Waals surface area contributed by atoms with Gasteiger partial charge >= 0.3 is 0 Å². The molecule has 84 valence electrons. The van der Waals surface area contributed by atoms with Gasteiger partial charge in [-0.3, -0.25) is 14.5 Å². The van der Waals surface area contributed by atoms with Crippen LogP contribution in [-0.2, 0) is 9.59 Å². The van der Waals surface area contributed by atoms with Crippen molar-refractivity contribution in [2.45, 2.75) is 18.9 Å². The van der Waals surface area contributed by atoms with Crippen molar-refractivity contribution in [1.82, 2.24) is 10.2 Å². The van der Waals surface area contributed by atoms with E-state index in [-0.39, 0.29) is 17.9 Å². The highest BCUT2D eigenvalue weighted by Crippen LogP contribution is 2.23. The molecular weight excluding hydrogens is 212 g/mol. The summed E-state index contributed by atoms with van der Waals surface area (Å²) in [6.07, 6.45) is 1.55. The van der Waals surface area contributed by atoms with E-state index in [1.165, 1.54) is 22.8 Å². The molecule has 2 fully saturated rings. The molecule has 2 aliphatic heterocycles. The maximum atomic E-state index is 11.6. The lowest BCUT2D eigenvalue weighted by atomic mass is 10.1.